The van der Waals surface area contributed by atoms with Crippen LogP contribution in [0.25, 0.3) is 0 Å². The second kappa shape index (κ2) is 5.10. The first-order chi connectivity index (χ1) is 8.91. The zero-order chi connectivity index (χ0) is 14.0. The minimum absolute atomic E-state index is 0.0145. The van der Waals surface area contributed by atoms with Crippen LogP contribution in [0.15, 0.2) is 34.3 Å². The summed E-state index contributed by atoms with van der Waals surface area (Å²) >= 11 is 0. The van der Waals surface area contributed by atoms with Crippen molar-refractivity contribution >= 4 is 27.3 Å². The summed E-state index contributed by atoms with van der Waals surface area (Å²) in [6.07, 6.45) is 2.05. The van der Waals surface area contributed by atoms with E-state index in [0.717, 1.165) is 18.6 Å². The molecule has 0 aromatic heterocycles. The van der Waals surface area contributed by atoms with Crippen LogP contribution in [-0.4, -0.2) is 20.0 Å². The lowest BCUT2D eigenvalue weighted by Gasteiger charge is -2.11. The maximum Gasteiger partial charge on any atom is 0.253 e. The Morgan fingerprint density at radius 1 is 1.32 bits per heavy atom. The van der Waals surface area contributed by atoms with Crippen LogP contribution in [0.1, 0.15) is 26.2 Å². The third-order valence-corrected chi connectivity index (χ3v) is 3.71. The summed E-state index contributed by atoms with van der Waals surface area (Å²) in [7, 11) is -3.72. The number of anilines is 1. The first-order valence-electron chi connectivity index (χ1n) is 5.94. The molecule has 2 rings (SSSR count). The quantitative estimate of drug-likeness (QED) is 0.899. The molecule has 0 aliphatic carbocycles. The summed E-state index contributed by atoms with van der Waals surface area (Å²) in [6.45, 7) is 2.02. The summed E-state index contributed by atoms with van der Waals surface area (Å²) in [4.78, 5) is 11.8. The van der Waals surface area contributed by atoms with Gasteiger partial charge < -0.3 is 0 Å². The van der Waals surface area contributed by atoms with Crippen molar-refractivity contribution in [2.24, 2.45) is 10.2 Å². The second-order valence-corrected chi connectivity index (χ2v) is 5.90. The number of nitrogens with zero attached hydrogens (tertiary/aromatic N) is 2. The number of carbonyl (C=O) groups excluding carboxylic acids is 1. The molecule has 0 bridgehead atoms. The van der Waals surface area contributed by atoms with Gasteiger partial charge in [-0.2, -0.15) is 5.10 Å². The van der Waals surface area contributed by atoms with Gasteiger partial charge in [0.15, 0.2) is 0 Å². The average molecular weight is 281 g/mol. The predicted molar refractivity (Wildman–Crippen MR) is 72.3 cm³/mol. The minimum Gasteiger partial charge on any atom is -0.272 e. The summed E-state index contributed by atoms with van der Waals surface area (Å²) in [6, 6.07) is 5.78. The highest BCUT2D eigenvalue weighted by Crippen LogP contribution is 2.23. The topological polar surface area (TPSA) is 92.8 Å². The highest BCUT2D eigenvalue weighted by Gasteiger charge is 2.24. The molecular weight excluding hydrogens is 266 g/mol. The van der Waals surface area contributed by atoms with E-state index >= 15 is 0 Å². The Labute approximate surface area is 112 Å². The predicted octanol–water partition coefficient (Wildman–Crippen LogP) is 1.23. The van der Waals surface area contributed by atoms with Gasteiger partial charge >= 0.3 is 0 Å². The molecule has 0 spiro atoms. The Hall–Kier alpha value is -1.73. The Balaban J connectivity index is 2.26. The van der Waals surface area contributed by atoms with Gasteiger partial charge in [0.1, 0.15) is 0 Å². The molecule has 1 amide bonds. The standard InChI is InChI=1S/C12H15N3O3S/c1-2-3-9-8-12(16)15(14-9)10-4-6-11(7-5-10)19(13,17)18/h4-7H,2-3,8H2,1H3,(H2,13,17,18). The molecule has 7 heteroatoms. The van der Waals surface area contributed by atoms with E-state index in [0.29, 0.717) is 12.1 Å². The molecule has 2 N–H and O–H groups in total. The van der Waals surface area contributed by atoms with Crippen molar-refractivity contribution in [1.82, 2.24) is 0 Å². The van der Waals surface area contributed by atoms with Crippen molar-refractivity contribution < 1.29 is 13.2 Å². The number of hydrogen-bond donors (Lipinski definition) is 1. The lowest BCUT2D eigenvalue weighted by atomic mass is 10.2. The highest BCUT2D eigenvalue weighted by atomic mass is 32.2. The van der Waals surface area contributed by atoms with Gasteiger partial charge in [0.2, 0.25) is 10.0 Å². The molecule has 1 aromatic carbocycles. The molecule has 6 nitrogen and oxygen atoms in total. The van der Waals surface area contributed by atoms with E-state index in [-0.39, 0.29) is 10.8 Å². The van der Waals surface area contributed by atoms with Gasteiger partial charge in [0.25, 0.3) is 5.91 Å². The van der Waals surface area contributed by atoms with E-state index in [4.69, 9.17) is 5.14 Å². The van der Waals surface area contributed by atoms with Crippen LogP contribution in [0.2, 0.25) is 0 Å². The van der Waals surface area contributed by atoms with Crippen LogP contribution in [-0.2, 0) is 14.8 Å². The van der Waals surface area contributed by atoms with Crippen LogP contribution in [0.3, 0.4) is 0 Å². The number of nitrogens with two attached hydrogens (primary N) is 1. The Morgan fingerprint density at radius 2 is 1.95 bits per heavy atom. The third-order valence-electron chi connectivity index (χ3n) is 2.78. The minimum atomic E-state index is -3.72. The van der Waals surface area contributed by atoms with E-state index in [1.165, 1.54) is 29.3 Å². The molecule has 0 unspecified atom stereocenters. The first-order valence-corrected chi connectivity index (χ1v) is 7.48. The number of carbonyl (C=O) groups is 1. The number of sulfonamides is 1. The van der Waals surface area contributed by atoms with Crippen LogP contribution in [0.5, 0.6) is 0 Å². The highest BCUT2D eigenvalue weighted by molar-refractivity contribution is 7.89. The molecule has 1 aromatic rings. The van der Waals surface area contributed by atoms with E-state index < -0.39 is 10.0 Å². The summed E-state index contributed by atoms with van der Waals surface area (Å²) in [5.41, 5.74) is 1.39. The van der Waals surface area contributed by atoms with E-state index in [9.17, 15) is 13.2 Å². The van der Waals surface area contributed by atoms with Crippen LogP contribution >= 0.6 is 0 Å². The van der Waals surface area contributed by atoms with Crippen molar-refractivity contribution in [3.63, 3.8) is 0 Å². The molecule has 0 saturated carbocycles. The number of rotatable bonds is 4. The SMILES string of the molecule is CCCC1=NN(c2ccc(S(N)(=O)=O)cc2)C(=O)C1. The van der Waals surface area contributed by atoms with Crippen molar-refractivity contribution in [3.8, 4) is 0 Å². The molecule has 0 radical (unpaired) electrons. The largest absolute Gasteiger partial charge is 0.272 e. The normalized spacial score (nSPS) is 15.8. The molecule has 1 heterocycles. The average Bonchev–Trinajstić information content (AvgIpc) is 2.70. The van der Waals surface area contributed by atoms with E-state index in [2.05, 4.69) is 5.10 Å². The Morgan fingerprint density at radius 3 is 2.47 bits per heavy atom. The van der Waals surface area contributed by atoms with E-state index in [1.54, 1.807) is 0 Å². The zero-order valence-electron chi connectivity index (χ0n) is 10.5. The maximum atomic E-state index is 11.8. The Bertz CT molecular complexity index is 620. The third kappa shape index (κ3) is 2.99. The lowest BCUT2D eigenvalue weighted by Crippen LogP contribution is -2.19. The molecule has 0 saturated heterocycles. The molecule has 0 fully saturated rings. The molecule has 1 aliphatic rings. The smallest absolute Gasteiger partial charge is 0.253 e. The van der Waals surface area contributed by atoms with Gasteiger partial charge in [-0.05, 0) is 30.7 Å². The van der Waals surface area contributed by atoms with Crippen molar-refractivity contribution in [2.75, 3.05) is 5.01 Å². The number of hydrogen-bond acceptors (Lipinski definition) is 4. The molecule has 19 heavy (non-hydrogen) atoms. The summed E-state index contributed by atoms with van der Waals surface area (Å²) in [5, 5.41) is 10.6. The van der Waals surface area contributed by atoms with Gasteiger partial charge in [-0.15, -0.1) is 0 Å². The Kier molecular flexibility index (Phi) is 3.68. The van der Waals surface area contributed by atoms with Crippen LogP contribution in [0, 0.1) is 0 Å². The number of benzene rings is 1. The summed E-state index contributed by atoms with van der Waals surface area (Å²) < 4.78 is 22.3. The molecule has 1 aliphatic heterocycles. The second-order valence-electron chi connectivity index (χ2n) is 4.34. The molecular formula is C12H15N3O3S. The number of hydrazone groups is 1. The number of amides is 1. The molecule has 0 atom stereocenters. The van der Waals surface area contributed by atoms with Gasteiger partial charge in [-0.3, -0.25) is 4.79 Å². The first kappa shape index (κ1) is 13.7. The molecule has 102 valence electrons. The van der Waals surface area contributed by atoms with Gasteiger partial charge in [0, 0.05) is 5.71 Å². The lowest BCUT2D eigenvalue weighted by molar-refractivity contribution is -0.116. The fourth-order valence-corrected chi connectivity index (χ4v) is 2.40. The van der Waals surface area contributed by atoms with E-state index in [1.807, 2.05) is 6.92 Å². The number of primary sulfonamides is 1. The van der Waals surface area contributed by atoms with Gasteiger partial charge in [0.05, 0.1) is 17.0 Å². The fourth-order valence-electron chi connectivity index (χ4n) is 1.89. The summed E-state index contributed by atoms with van der Waals surface area (Å²) in [5.74, 6) is -0.105. The van der Waals surface area contributed by atoms with Gasteiger partial charge in [-0.1, -0.05) is 13.3 Å². The van der Waals surface area contributed by atoms with Crippen molar-refractivity contribution in [1.29, 1.82) is 0 Å². The monoisotopic (exact) mass is 281 g/mol. The van der Waals surface area contributed by atoms with Crippen molar-refractivity contribution in [3.05, 3.63) is 24.3 Å². The van der Waals surface area contributed by atoms with Gasteiger partial charge in [-0.25, -0.2) is 18.6 Å². The maximum absolute atomic E-state index is 11.8. The zero-order valence-corrected chi connectivity index (χ0v) is 11.4. The van der Waals surface area contributed by atoms with Crippen LogP contribution in [0.4, 0.5) is 5.69 Å². The van der Waals surface area contributed by atoms with Crippen molar-refractivity contribution in [2.45, 2.75) is 31.1 Å². The fraction of sp³-hybridized carbons (Fsp3) is 0.333. The van der Waals surface area contributed by atoms with Crippen LogP contribution < -0.4 is 10.1 Å².